The van der Waals surface area contributed by atoms with Gasteiger partial charge in [0, 0.05) is 13.2 Å². The molecule has 0 saturated heterocycles. The van der Waals surface area contributed by atoms with E-state index >= 15 is 0 Å². The largest absolute Gasteiger partial charge is 0.250 e. The lowest BCUT2D eigenvalue weighted by Crippen LogP contribution is -1.91. The minimum absolute atomic E-state index is 0.744. The molecule has 0 aliphatic heterocycles. The highest BCUT2D eigenvalue weighted by molar-refractivity contribution is 6.35. The summed E-state index contributed by atoms with van der Waals surface area (Å²) in [4.78, 5) is 4.22. The molecule has 0 fully saturated rings. The van der Waals surface area contributed by atoms with Crippen molar-refractivity contribution in [1.82, 2.24) is 14.8 Å². The van der Waals surface area contributed by atoms with Gasteiger partial charge in [0.15, 0.2) is 5.65 Å². The predicted octanol–water partition coefficient (Wildman–Crippen LogP) is 1.93. The van der Waals surface area contributed by atoms with Gasteiger partial charge in [0.25, 0.3) is 0 Å². The molecule has 0 atom stereocenters. The lowest BCUT2D eigenvalue weighted by Gasteiger charge is -1.97. The fraction of sp³-hybridized carbons (Fsp3) is 0.250. The van der Waals surface area contributed by atoms with E-state index in [1.807, 2.05) is 14.0 Å². The number of aromatic nitrogens is 3. The zero-order chi connectivity index (χ0) is 8.72. The topological polar surface area (TPSA) is 30.7 Å². The van der Waals surface area contributed by atoms with Gasteiger partial charge in [-0.1, -0.05) is 11.6 Å². The van der Waals surface area contributed by atoms with E-state index in [-0.39, 0.29) is 0 Å². The average molecular weight is 182 g/mol. The van der Waals surface area contributed by atoms with Crippen molar-refractivity contribution in [2.45, 2.75) is 6.92 Å². The Kier molecular flexibility index (Phi) is 1.54. The van der Waals surface area contributed by atoms with Crippen molar-refractivity contribution < 1.29 is 0 Å². The van der Waals surface area contributed by atoms with E-state index in [1.54, 1.807) is 17.1 Å². The molecule has 0 unspecified atom stereocenters. The summed E-state index contributed by atoms with van der Waals surface area (Å²) in [5.74, 6) is 0. The third-order valence-electron chi connectivity index (χ3n) is 1.87. The van der Waals surface area contributed by atoms with Crippen molar-refractivity contribution in [3.8, 4) is 0 Å². The van der Waals surface area contributed by atoms with Crippen LogP contribution in [0.3, 0.4) is 0 Å². The third-order valence-corrected chi connectivity index (χ3v) is 2.37. The van der Waals surface area contributed by atoms with Gasteiger partial charge in [-0.2, -0.15) is 5.10 Å². The summed E-state index contributed by atoms with van der Waals surface area (Å²) in [6, 6.07) is 0. The van der Waals surface area contributed by atoms with Gasteiger partial charge in [-0.15, -0.1) is 0 Å². The van der Waals surface area contributed by atoms with Crippen molar-refractivity contribution in [3.63, 3.8) is 0 Å². The summed E-state index contributed by atoms with van der Waals surface area (Å²) in [7, 11) is 1.85. The molecule has 0 amide bonds. The number of aryl methyl sites for hydroxylation is 2. The second-order valence-electron chi connectivity index (χ2n) is 2.76. The fourth-order valence-electron chi connectivity index (χ4n) is 1.17. The van der Waals surface area contributed by atoms with Gasteiger partial charge in [-0.25, -0.2) is 4.98 Å². The van der Waals surface area contributed by atoms with Gasteiger partial charge in [0.2, 0.25) is 0 Å². The first kappa shape index (κ1) is 7.55. The maximum Gasteiger partial charge on any atom is 0.158 e. The second-order valence-corrected chi connectivity index (χ2v) is 3.14. The van der Waals surface area contributed by atoms with E-state index in [0.29, 0.717) is 0 Å². The van der Waals surface area contributed by atoms with E-state index in [0.717, 1.165) is 21.6 Å². The van der Waals surface area contributed by atoms with Crippen LogP contribution in [-0.2, 0) is 7.05 Å². The molecule has 0 bridgehead atoms. The molecule has 2 aromatic heterocycles. The van der Waals surface area contributed by atoms with Gasteiger partial charge in [-0.05, 0) is 12.5 Å². The molecule has 0 aliphatic rings. The van der Waals surface area contributed by atoms with Crippen LogP contribution >= 0.6 is 11.6 Å². The predicted molar refractivity (Wildman–Crippen MR) is 48.3 cm³/mol. The molecule has 2 heterocycles. The highest BCUT2D eigenvalue weighted by Gasteiger charge is 2.06. The van der Waals surface area contributed by atoms with Crippen LogP contribution in [0, 0.1) is 6.92 Å². The summed E-state index contributed by atoms with van der Waals surface area (Å²) in [6.07, 6.45) is 3.49. The first-order chi connectivity index (χ1) is 5.70. The molecule has 2 rings (SSSR count). The van der Waals surface area contributed by atoms with Crippen molar-refractivity contribution in [1.29, 1.82) is 0 Å². The Morgan fingerprint density at radius 2 is 2.17 bits per heavy atom. The van der Waals surface area contributed by atoms with Crippen molar-refractivity contribution in [2.75, 3.05) is 0 Å². The maximum atomic E-state index is 6.05. The molecule has 0 N–H and O–H groups in total. The van der Waals surface area contributed by atoms with Crippen LogP contribution in [0.2, 0.25) is 5.02 Å². The van der Waals surface area contributed by atoms with E-state index in [4.69, 9.17) is 11.6 Å². The highest BCUT2D eigenvalue weighted by Crippen LogP contribution is 2.23. The Balaban J connectivity index is 2.93. The first-order valence-corrected chi connectivity index (χ1v) is 4.01. The molecular formula is C8H8ClN3. The quantitative estimate of drug-likeness (QED) is 0.622. The normalized spacial score (nSPS) is 10.9. The number of hydrogen-bond donors (Lipinski definition) is 0. The molecule has 62 valence electrons. The standard InChI is InChI=1S/C8H8ClN3/c1-5-3-10-8-6(7(5)9)4-11-12(8)2/h3-4H,1-2H3. The number of hydrogen-bond acceptors (Lipinski definition) is 2. The Morgan fingerprint density at radius 3 is 2.92 bits per heavy atom. The SMILES string of the molecule is Cc1cnc2c(cnn2C)c1Cl. The Morgan fingerprint density at radius 1 is 1.42 bits per heavy atom. The zero-order valence-corrected chi connectivity index (χ0v) is 7.63. The van der Waals surface area contributed by atoms with Crippen LogP contribution in [-0.4, -0.2) is 14.8 Å². The summed E-state index contributed by atoms with van der Waals surface area (Å²) in [5, 5.41) is 5.73. The molecule has 0 saturated carbocycles. The summed E-state index contributed by atoms with van der Waals surface area (Å²) < 4.78 is 1.71. The smallest absolute Gasteiger partial charge is 0.158 e. The molecule has 2 aromatic rings. The summed E-state index contributed by atoms with van der Waals surface area (Å²) in [5.41, 5.74) is 1.81. The van der Waals surface area contributed by atoms with E-state index in [1.165, 1.54) is 0 Å². The van der Waals surface area contributed by atoms with Crippen molar-refractivity contribution >= 4 is 22.6 Å². The third kappa shape index (κ3) is 0.898. The van der Waals surface area contributed by atoms with Gasteiger partial charge >= 0.3 is 0 Å². The molecule has 4 heteroatoms. The fourth-order valence-corrected chi connectivity index (χ4v) is 1.35. The molecule has 0 spiro atoms. The zero-order valence-electron chi connectivity index (χ0n) is 6.87. The number of rotatable bonds is 0. The summed E-state index contributed by atoms with van der Waals surface area (Å²) >= 11 is 6.05. The van der Waals surface area contributed by atoms with Crippen LogP contribution in [0.15, 0.2) is 12.4 Å². The lowest BCUT2D eigenvalue weighted by molar-refractivity contribution is 0.786. The van der Waals surface area contributed by atoms with Gasteiger partial charge in [0.1, 0.15) is 0 Å². The van der Waals surface area contributed by atoms with E-state index in [2.05, 4.69) is 10.1 Å². The second kappa shape index (κ2) is 2.45. The molecule has 0 aromatic carbocycles. The number of fused-ring (bicyclic) bond motifs is 1. The van der Waals surface area contributed by atoms with Crippen molar-refractivity contribution in [3.05, 3.63) is 23.0 Å². The maximum absolute atomic E-state index is 6.05. The minimum Gasteiger partial charge on any atom is -0.250 e. The lowest BCUT2D eigenvalue weighted by atomic mass is 10.2. The van der Waals surface area contributed by atoms with E-state index < -0.39 is 0 Å². The Labute approximate surface area is 75.0 Å². The number of pyridine rings is 1. The molecule has 0 radical (unpaired) electrons. The van der Waals surface area contributed by atoms with Crippen LogP contribution in [0.5, 0.6) is 0 Å². The van der Waals surface area contributed by atoms with Gasteiger partial charge in [-0.3, -0.25) is 4.68 Å². The van der Waals surface area contributed by atoms with Gasteiger partial charge in [0.05, 0.1) is 16.6 Å². The Hall–Kier alpha value is -1.09. The minimum atomic E-state index is 0.744. The molecule has 12 heavy (non-hydrogen) atoms. The van der Waals surface area contributed by atoms with Crippen LogP contribution in [0.25, 0.3) is 11.0 Å². The van der Waals surface area contributed by atoms with E-state index in [9.17, 15) is 0 Å². The van der Waals surface area contributed by atoms with Crippen molar-refractivity contribution in [2.24, 2.45) is 7.05 Å². The van der Waals surface area contributed by atoms with Crippen LogP contribution < -0.4 is 0 Å². The van der Waals surface area contributed by atoms with Gasteiger partial charge < -0.3 is 0 Å². The number of nitrogens with zero attached hydrogens (tertiary/aromatic N) is 3. The average Bonchev–Trinajstić information content (AvgIpc) is 2.41. The van der Waals surface area contributed by atoms with Crippen LogP contribution in [0.1, 0.15) is 5.56 Å². The molecule has 3 nitrogen and oxygen atoms in total. The highest BCUT2D eigenvalue weighted by atomic mass is 35.5. The molecular weight excluding hydrogens is 174 g/mol. The monoisotopic (exact) mass is 181 g/mol. The van der Waals surface area contributed by atoms with Crippen LogP contribution in [0.4, 0.5) is 0 Å². The summed E-state index contributed by atoms with van der Waals surface area (Å²) in [6.45, 7) is 1.93. The molecule has 0 aliphatic carbocycles. The number of halogens is 1. The first-order valence-electron chi connectivity index (χ1n) is 3.63. The Bertz CT molecular complexity index is 433.